The molecule has 0 fully saturated rings. The van der Waals surface area contributed by atoms with Gasteiger partial charge in [-0.25, -0.2) is 4.99 Å². The van der Waals surface area contributed by atoms with Crippen LogP contribution < -0.4 is 10.2 Å². The Hall–Kier alpha value is -4.20. The van der Waals surface area contributed by atoms with Crippen molar-refractivity contribution >= 4 is 45.7 Å². The number of nitrogens with zero attached hydrogens (tertiary/aromatic N) is 3. The van der Waals surface area contributed by atoms with Crippen LogP contribution >= 0.6 is 11.8 Å². The fourth-order valence-electron chi connectivity index (χ4n) is 4.91. The first-order valence-electron chi connectivity index (χ1n) is 14.2. The monoisotopic (exact) mass is 576 g/mol. The van der Waals surface area contributed by atoms with Crippen molar-refractivity contribution in [3.63, 3.8) is 0 Å². The lowest BCUT2D eigenvalue weighted by molar-refractivity contribution is 0.0986. The van der Waals surface area contributed by atoms with E-state index in [-0.39, 0.29) is 11.8 Å². The summed E-state index contributed by atoms with van der Waals surface area (Å²) >= 11 is 1.78. The highest BCUT2D eigenvalue weighted by atomic mass is 32.2. The molecule has 7 heteroatoms. The molecule has 5 rings (SSSR count). The topological polar surface area (TPSA) is 65.0 Å². The number of rotatable bonds is 8. The largest absolute Gasteiger partial charge is 0.322 e. The minimum atomic E-state index is -0.195. The van der Waals surface area contributed by atoms with Crippen LogP contribution in [0.1, 0.15) is 39.1 Å². The van der Waals surface area contributed by atoms with Gasteiger partial charge in [-0.3, -0.25) is 9.59 Å². The first-order chi connectivity index (χ1) is 20.4. The van der Waals surface area contributed by atoms with Gasteiger partial charge in [0.15, 0.2) is 0 Å². The maximum absolute atomic E-state index is 13.7. The number of para-hydroxylation sites is 2. The molecule has 0 aliphatic carbocycles. The van der Waals surface area contributed by atoms with E-state index in [1.807, 2.05) is 84.6 Å². The molecule has 42 heavy (non-hydrogen) atoms. The van der Waals surface area contributed by atoms with Crippen molar-refractivity contribution in [1.82, 2.24) is 4.90 Å². The molecule has 214 valence electrons. The highest BCUT2D eigenvalue weighted by molar-refractivity contribution is 8.13. The van der Waals surface area contributed by atoms with Gasteiger partial charge in [0.1, 0.15) is 0 Å². The molecule has 0 radical (unpaired) electrons. The second kappa shape index (κ2) is 13.6. The highest BCUT2D eigenvalue weighted by Gasteiger charge is 2.24. The third-order valence-corrected chi connectivity index (χ3v) is 8.28. The highest BCUT2D eigenvalue weighted by Crippen LogP contribution is 2.34. The second-order valence-corrected chi connectivity index (χ2v) is 11.8. The summed E-state index contributed by atoms with van der Waals surface area (Å²) in [6, 6.07) is 30.7. The minimum absolute atomic E-state index is 0.0842. The van der Waals surface area contributed by atoms with E-state index in [2.05, 4.69) is 24.3 Å². The lowest BCUT2D eigenvalue weighted by Gasteiger charge is -2.22. The van der Waals surface area contributed by atoms with Gasteiger partial charge < -0.3 is 15.1 Å². The Balaban J connectivity index is 1.28. The van der Waals surface area contributed by atoms with Gasteiger partial charge in [-0.1, -0.05) is 60.2 Å². The quantitative estimate of drug-likeness (QED) is 0.219. The molecule has 1 aliphatic heterocycles. The average Bonchev–Trinajstić information content (AvgIpc) is 3.19. The van der Waals surface area contributed by atoms with Crippen molar-refractivity contribution in [3.8, 4) is 11.1 Å². The number of aryl methyl sites for hydroxylation is 1. The molecule has 0 unspecified atom stereocenters. The van der Waals surface area contributed by atoms with Crippen molar-refractivity contribution < 1.29 is 9.59 Å². The average molecular weight is 577 g/mol. The molecule has 1 N–H and O–H groups in total. The van der Waals surface area contributed by atoms with E-state index in [1.54, 1.807) is 36.0 Å². The number of amides is 2. The summed E-state index contributed by atoms with van der Waals surface area (Å²) < 4.78 is 0. The smallest absolute Gasteiger partial charge is 0.258 e. The standard InChI is InChI=1S/C35H36N4O2S/c1-25-13-15-26(16-14-25)29-9-4-5-10-30(29)34(40)36-28-19-17-27(18-20-28)35(41)39-23-21-33(42-24-8-22-38(2)3)37-31-11-6-7-12-32(31)39/h4-7,9-20H,8,21-24H2,1-3H3,(H,36,40). The molecule has 0 saturated heterocycles. The maximum atomic E-state index is 13.7. The van der Waals surface area contributed by atoms with Crippen molar-refractivity contribution in [2.45, 2.75) is 19.8 Å². The van der Waals surface area contributed by atoms with Crippen molar-refractivity contribution in [2.75, 3.05) is 43.2 Å². The number of carbonyl (C=O) groups is 2. The van der Waals surface area contributed by atoms with E-state index >= 15 is 0 Å². The van der Waals surface area contributed by atoms with Crippen molar-refractivity contribution in [1.29, 1.82) is 0 Å². The lowest BCUT2D eigenvalue weighted by atomic mass is 9.98. The van der Waals surface area contributed by atoms with Gasteiger partial charge in [0, 0.05) is 35.5 Å². The van der Waals surface area contributed by atoms with Crippen LogP contribution in [0, 0.1) is 6.92 Å². The molecule has 0 saturated carbocycles. The molecule has 6 nitrogen and oxygen atoms in total. The molecular weight excluding hydrogens is 540 g/mol. The fraction of sp³-hybridized carbons (Fsp3) is 0.229. The number of fused-ring (bicyclic) bond motifs is 1. The fourth-order valence-corrected chi connectivity index (χ4v) is 5.82. The Morgan fingerprint density at radius 1 is 0.905 bits per heavy atom. The van der Waals surface area contributed by atoms with Gasteiger partial charge in [-0.05, 0) is 87.6 Å². The Morgan fingerprint density at radius 2 is 1.62 bits per heavy atom. The summed E-state index contributed by atoms with van der Waals surface area (Å²) in [7, 11) is 4.17. The number of thioether (sulfide) groups is 1. The van der Waals surface area contributed by atoms with E-state index in [4.69, 9.17) is 4.99 Å². The zero-order valence-electron chi connectivity index (χ0n) is 24.3. The Labute approximate surface area is 252 Å². The number of hydrogen-bond acceptors (Lipinski definition) is 5. The molecule has 1 aliphatic rings. The summed E-state index contributed by atoms with van der Waals surface area (Å²) in [6.07, 6.45) is 1.79. The SMILES string of the molecule is Cc1ccc(-c2ccccc2C(=O)Nc2ccc(C(=O)N3CCC(SCCCN(C)C)=Nc4ccccc43)cc2)cc1. The van der Waals surface area contributed by atoms with E-state index in [9.17, 15) is 9.59 Å². The summed E-state index contributed by atoms with van der Waals surface area (Å²) in [4.78, 5) is 35.9. The van der Waals surface area contributed by atoms with E-state index in [0.29, 0.717) is 29.8 Å². The summed E-state index contributed by atoms with van der Waals surface area (Å²) in [6.45, 7) is 3.64. The van der Waals surface area contributed by atoms with Gasteiger partial charge in [0.2, 0.25) is 0 Å². The lowest BCUT2D eigenvalue weighted by Crippen LogP contribution is -2.32. The molecule has 0 spiro atoms. The Kier molecular flexibility index (Phi) is 9.52. The molecule has 4 aromatic carbocycles. The molecule has 0 atom stereocenters. The molecule has 4 aromatic rings. The van der Waals surface area contributed by atoms with Crippen LogP contribution in [0.4, 0.5) is 17.1 Å². The molecular formula is C35H36N4O2S. The maximum Gasteiger partial charge on any atom is 0.258 e. The zero-order valence-corrected chi connectivity index (χ0v) is 25.2. The number of anilines is 2. The predicted octanol–water partition coefficient (Wildman–Crippen LogP) is 7.68. The minimum Gasteiger partial charge on any atom is -0.322 e. The summed E-state index contributed by atoms with van der Waals surface area (Å²) in [5, 5.41) is 4.06. The van der Waals surface area contributed by atoms with Crippen LogP contribution in [0.5, 0.6) is 0 Å². The number of nitrogens with one attached hydrogen (secondary N) is 1. The van der Waals surface area contributed by atoms with Gasteiger partial charge in [0.05, 0.1) is 16.4 Å². The van der Waals surface area contributed by atoms with Gasteiger partial charge in [-0.2, -0.15) is 0 Å². The normalized spacial score (nSPS) is 12.9. The molecule has 0 bridgehead atoms. The number of benzene rings is 4. The van der Waals surface area contributed by atoms with Crippen LogP contribution in [0.15, 0.2) is 102 Å². The number of carbonyl (C=O) groups excluding carboxylic acids is 2. The third-order valence-electron chi connectivity index (χ3n) is 7.15. The van der Waals surface area contributed by atoms with Gasteiger partial charge in [0.25, 0.3) is 11.8 Å². The zero-order chi connectivity index (χ0) is 29.5. The van der Waals surface area contributed by atoms with E-state index in [1.165, 1.54) is 5.56 Å². The van der Waals surface area contributed by atoms with Crippen LogP contribution in [0.2, 0.25) is 0 Å². The number of hydrogen-bond donors (Lipinski definition) is 1. The van der Waals surface area contributed by atoms with E-state index in [0.717, 1.165) is 46.3 Å². The molecule has 2 amide bonds. The Bertz CT molecular complexity index is 1580. The molecule has 1 heterocycles. The Morgan fingerprint density at radius 3 is 2.38 bits per heavy atom. The predicted molar refractivity (Wildman–Crippen MR) is 176 cm³/mol. The van der Waals surface area contributed by atoms with Crippen LogP contribution in [-0.4, -0.2) is 54.7 Å². The first kappa shape index (κ1) is 29.3. The van der Waals surface area contributed by atoms with Crippen molar-refractivity contribution in [3.05, 3.63) is 114 Å². The van der Waals surface area contributed by atoms with Crippen LogP contribution in [0.25, 0.3) is 11.1 Å². The third kappa shape index (κ3) is 7.16. The van der Waals surface area contributed by atoms with Gasteiger partial charge in [-0.15, -0.1) is 11.8 Å². The van der Waals surface area contributed by atoms with Crippen LogP contribution in [0.3, 0.4) is 0 Å². The van der Waals surface area contributed by atoms with Crippen molar-refractivity contribution in [2.24, 2.45) is 4.99 Å². The summed E-state index contributed by atoms with van der Waals surface area (Å²) in [5.74, 6) is 0.717. The summed E-state index contributed by atoms with van der Waals surface area (Å²) in [5.41, 5.74) is 6.45. The molecule has 0 aromatic heterocycles. The van der Waals surface area contributed by atoms with Gasteiger partial charge >= 0.3 is 0 Å². The second-order valence-electron chi connectivity index (χ2n) is 10.6. The van der Waals surface area contributed by atoms with E-state index < -0.39 is 0 Å². The number of aliphatic imine (C=N–C) groups is 1. The first-order valence-corrected chi connectivity index (χ1v) is 15.2. The van der Waals surface area contributed by atoms with Crippen LogP contribution in [-0.2, 0) is 0 Å².